The van der Waals surface area contributed by atoms with Crippen LogP contribution in [0.15, 0.2) is 67.4 Å². The Balaban J connectivity index is 1.18. The average Bonchev–Trinajstić information content (AvgIpc) is 3.47. The molecule has 0 unspecified atom stereocenters. The quantitative estimate of drug-likeness (QED) is 0.481. The lowest BCUT2D eigenvalue weighted by Gasteiger charge is -2.33. The molecule has 0 aliphatic carbocycles. The lowest BCUT2D eigenvalue weighted by Crippen LogP contribution is -2.37. The third-order valence-electron chi connectivity index (χ3n) is 7.36. The molecule has 5 heteroatoms. The summed E-state index contributed by atoms with van der Waals surface area (Å²) in [6.07, 6.45) is 7.19. The van der Waals surface area contributed by atoms with Gasteiger partial charge >= 0.3 is 0 Å². The molecule has 3 aromatic rings. The number of halogens is 1. The second kappa shape index (κ2) is 9.52. The summed E-state index contributed by atoms with van der Waals surface area (Å²) in [5, 5.41) is 1.10. The minimum Gasteiger partial charge on any atom is -0.343 e. The van der Waals surface area contributed by atoms with Gasteiger partial charge in [0.25, 0.3) is 5.91 Å². The van der Waals surface area contributed by atoms with E-state index in [9.17, 15) is 9.18 Å². The number of fused-ring (bicyclic) bond motifs is 1. The van der Waals surface area contributed by atoms with E-state index >= 15 is 0 Å². The summed E-state index contributed by atoms with van der Waals surface area (Å²) in [6, 6.07) is 15.1. The van der Waals surface area contributed by atoms with Gasteiger partial charge in [-0.15, -0.1) is 6.58 Å². The molecule has 0 bridgehead atoms. The molecule has 4 nitrogen and oxygen atoms in total. The van der Waals surface area contributed by atoms with E-state index in [1.165, 1.54) is 5.56 Å². The molecular formula is C28H32FN3O. The Morgan fingerprint density at radius 1 is 1.03 bits per heavy atom. The Bertz CT molecular complexity index is 1130. The van der Waals surface area contributed by atoms with Gasteiger partial charge in [0.1, 0.15) is 5.82 Å². The van der Waals surface area contributed by atoms with Gasteiger partial charge in [-0.1, -0.05) is 30.3 Å². The fraction of sp³-hybridized carbons (Fsp3) is 0.393. The normalized spacial score (nSPS) is 19.9. The van der Waals surface area contributed by atoms with Gasteiger partial charge in [0.15, 0.2) is 0 Å². The molecule has 172 valence electrons. The third kappa shape index (κ3) is 4.60. The molecule has 2 saturated heterocycles. The van der Waals surface area contributed by atoms with E-state index in [4.69, 9.17) is 0 Å². The third-order valence-corrected chi connectivity index (χ3v) is 7.36. The Hall–Kier alpha value is -2.92. The number of aromatic nitrogens is 1. The van der Waals surface area contributed by atoms with Crippen LogP contribution >= 0.6 is 0 Å². The van der Waals surface area contributed by atoms with Crippen molar-refractivity contribution in [2.75, 3.05) is 32.7 Å². The van der Waals surface area contributed by atoms with Gasteiger partial charge in [-0.05, 0) is 74.0 Å². The summed E-state index contributed by atoms with van der Waals surface area (Å²) >= 11 is 0. The number of benzene rings is 2. The van der Waals surface area contributed by atoms with Crippen molar-refractivity contribution >= 4 is 16.8 Å². The number of amides is 1. The number of carbonyl (C=O) groups is 1. The van der Waals surface area contributed by atoms with Crippen LogP contribution in [0.5, 0.6) is 0 Å². The lowest BCUT2D eigenvalue weighted by molar-refractivity contribution is 0.0783. The predicted octanol–water partition coefficient (Wildman–Crippen LogP) is 5.31. The Kier molecular flexibility index (Phi) is 6.32. The highest BCUT2D eigenvalue weighted by Crippen LogP contribution is 2.30. The predicted molar refractivity (Wildman–Crippen MR) is 131 cm³/mol. The summed E-state index contributed by atoms with van der Waals surface area (Å²) in [7, 11) is 0. The zero-order valence-corrected chi connectivity index (χ0v) is 19.1. The van der Waals surface area contributed by atoms with E-state index in [0.717, 1.165) is 68.5 Å². The molecule has 0 radical (unpaired) electrons. The minimum absolute atomic E-state index is 0.141. The first-order valence-corrected chi connectivity index (χ1v) is 12.1. The average molecular weight is 446 g/mol. The van der Waals surface area contributed by atoms with Crippen LogP contribution in [0.25, 0.3) is 10.9 Å². The summed E-state index contributed by atoms with van der Waals surface area (Å²) in [4.78, 5) is 18.0. The number of piperidine rings is 1. The van der Waals surface area contributed by atoms with Crippen LogP contribution < -0.4 is 0 Å². The molecule has 1 amide bonds. The SMILES string of the molecule is C=CCn1ccc2cccc(C(=O)N3CC[C@H](CN4CCC(c5ccc(F)cc5)CC4)C3)c21. The van der Waals surface area contributed by atoms with Crippen LogP contribution in [0.3, 0.4) is 0 Å². The van der Waals surface area contributed by atoms with Gasteiger partial charge in [0.2, 0.25) is 0 Å². The summed E-state index contributed by atoms with van der Waals surface area (Å²) in [6.45, 7) is 9.40. The first-order valence-electron chi connectivity index (χ1n) is 12.1. The van der Waals surface area contributed by atoms with Crippen molar-refractivity contribution in [2.24, 2.45) is 5.92 Å². The van der Waals surface area contributed by atoms with Crippen molar-refractivity contribution in [1.82, 2.24) is 14.4 Å². The summed E-state index contributed by atoms with van der Waals surface area (Å²) in [5.41, 5.74) is 3.05. The highest BCUT2D eigenvalue weighted by atomic mass is 19.1. The number of likely N-dealkylation sites (tertiary alicyclic amines) is 2. The van der Waals surface area contributed by atoms with E-state index in [2.05, 4.69) is 28.2 Å². The molecule has 2 aliphatic heterocycles. The highest BCUT2D eigenvalue weighted by Gasteiger charge is 2.30. The van der Waals surface area contributed by atoms with Crippen LogP contribution in [0.2, 0.25) is 0 Å². The number of allylic oxidation sites excluding steroid dienone is 1. The zero-order chi connectivity index (χ0) is 22.8. The standard InChI is InChI=1S/C28H32FN3O/c1-2-14-31-18-13-24-4-3-5-26(27(24)31)28(33)32-17-10-21(20-32)19-30-15-11-23(12-16-30)22-6-8-25(29)9-7-22/h2-9,13,18,21,23H,1,10-12,14-17,19-20H2/t21-/m1/s1. The lowest BCUT2D eigenvalue weighted by atomic mass is 9.89. The van der Waals surface area contributed by atoms with Crippen LogP contribution in [-0.4, -0.2) is 53.0 Å². The zero-order valence-electron chi connectivity index (χ0n) is 19.1. The minimum atomic E-state index is -0.165. The summed E-state index contributed by atoms with van der Waals surface area (Å²) < 4.78 is 15.3. The van der Waals surface area contributed by atoms with Crippen LogP contribution in [0.4, 0.5) is 4.39 Å². The molecular weight excluding hydrogens is 413 g/mol. The molecule has 0 spiro atoms. The van der Waals surface area contributed by atoms with E-state index in [1.807, 2.05) is 41.4 Å². The maximum Gasteiger partial charge on any atom is 0.256 e. The van der Waals surface area contributed by atoms with E-state index in [0.29, 0.717) is 18.4 Å². The Morgan fingerprint density at radius 3 is 2.58 bits per heavy atom. The van der Waals surface area contributed by atoms with Gasteiger partial charge in [-0.3, -0.25) is 4.79 Å². The molecule has 5 rings (SSSR count). The number of hydrogen-bond acceptors (Lipinski definition) is 2. The smallest absolute Gasteiger partial charge is 0.256 e. The molecule has 2 aromatic carbocycles. The number of nitrogens with zero attached hydrogens (tertiary/aromatic N) is 3. The first-order chi connectivity index (χ1) is 16.1. The van der Waals surface area contributed by atoms with Crippen molar-refractivity contribution in [3.8, 4) is 0 Å². The van der Waals surface area contributed by atoms with Crippen molar-refractivity contribution < 1.29 is 9.18 Å². The maximum atomic E-state index is 13.4. The molecule has 1 aromatic heterocycles. The highest BCUT2D eigenvalue weighted by molar-refractivity contribution is 6.06. The molecule has 33 heavy (non-hydrogen) atoms. The molecule has 2 fully saturated rings. The molecule has 0 saturated carbocycles. The molecule has 1 atom stereocenters. The van der Waals surface area contributed by atoms with Crippen LogP contribution in [0.1, 0.15) is 41.1 Å². The fourth-order valence-corrected chi connectivity index (χ4v) is 5.61. The van der Waals surface area contributed by atoms with E-state index in [-0.39, 0.29) is 11.7 Å². The monoisotopic (exact) mass is 445 g/mol. The van der Waals surface area contributed by atoms with Crippen LogP contribution in [0, 0.1) is 11.7 Å². The van der Waals surface area contributed by atoms with Gasteiger partial charge in [-0.25, -0.2) is 4.39 Å². The van der Waals surface area contributed by atoms with Crippen molar-refractivity contribution in [1.29, 1.82) is 0 Å². The summed E-state index contributed by atoms with van der Waals surface area (Å²) in [5.74, 6) is 1.02. The Morgan fingerprint density at radius 2 is 1.82 bits per heavy atom. The van der Waals surface area contributed by atoms with Crippen molar-refractivity contribution in [3.05, 3.63) is 84.3 Å². The van der Waals surface area contributed by atoms with Crippen LogP contribution in [-0.2, 0) is 6.54 Å². The number of hydrogen-bond donors (Lipinski definition) is 0. The second-order valence-electron chi connectivity index (χ2n) is 9.53. The molecule has 0 N–H and O–H groups in total. The van der Waals surface area contributed by atoms with Gasteiger partial charge in [0.05, 0.1) is 11.1 Å². The van der Waals surface area contributed by atoms with Crippen molar-refractivity contribution in [3.63, 3.8) is 0 Å². The largest absolute Gasteiger partial charge is 0.343 e. The number of para-hydroxylation sites is 1. The van der Waals surface area contributed by atoms with Gasteiger partial charge in [-0.2, -0.15) is 0 Å². The van der Waals surface area contributed by atoms with E-state index in [1.54, 1.807) is 12.1 Å². The van der Waals surface area contributed by atoms with E-state index < -0.39 is 0 Å². The maximum absolute atomic E-state index is 13.4. The van der Waals surface area contributed by atoms with Crippen molar-refractivity contribution in [2.45, 2.75) is 31.7 Å². The Labute approximate surface area is 195 Å². The molecule has 2 aliphatic rings. The number of rotatable bonds is 6. The molecule has 3 heterocycles. The van der Waals surface area contributed by atoms with Gasteiger partial charge < -0.3 is 14.4 Å². The number of carbonyl (C=O) groups excluding carboxylic acids is 1. The second-order valence-corrected chi connectivity index (χ2v) is 9.53. The topological polar surface area (TPSA) is 28.5 Å². The first kappa shape index (κ1) is 21.9. The fourth-order valence-electron chi connectivity index (χ4n) is 5.61. The van der Waals surface area contributed by atoms with Gasteiger partial charge in [0, 0.05) is 37.8 Å².